The second-order valence-corrected chi connectivity index (χ2v) is 4.81. The highest BCUT2D eigenvalue weighted by atomic mass is 35.5. The SMILES string of the molecule is Cc1cc(C(O)c2cccs2)ccc1Cl. The molecule has 3 heteroatoms. The average molecular weight is 239 g/mol. The minimum Gasteiger partial charge on any atom is -0.383 e. The summed E-state index contributed by atoms with van der Waals surface area (Å²) in [5.41, 5.74) is 1.88. The molecule has 2 aromatic rings. The van der Waals surface area contributed by atoms with Crippen molar-refractivity contribution in [2.75, 3.05) is 0 Å². The van der Waals surface area contributed by atoms with Crippen molar-refractivity contribution in [2.24, 2.45) is 0 Å². The Morgan fingerprint density at radius 2 is 2.13 bits per heavy atom. The normalized spacial score (nSPS) is 12.7. The van der Waals surface area contributed by atoms with Crippen molar-refractivity contribution in [3.05, 3.63) is 56.7 Å². The van der Waals surface area contributed by atoms with Crippen molar-refractivity contribution in [1.82, 2.24) is 0 Å². The van der Waals surface area contributed by atoms with E-state index in [1.54, 1.807) is 11.3 Å². The first-order chi connectivity index (χ1) is 7.18. The van der Waals surface area contributed by atoms with Gasteiger partial charge < -0.3 is 5.11 Å². The summed E-state index contributed by atoms with van der Waals surface area (Å²) in [5.74, 6) is 0. The molecule has 0 amide bonds. The lowest BCUT2D eigenvalue weighted by molar-refractivity contribution is 0.224. The molecule has 1 aromatic carbocycles. The third-order valence-electron chi connectivity index (χ3n) is 2.31. The number of halogens is 1. The lowest BCUT2D eigenvalue weighted by atomic mass is 10.1. The van der Waals surface area contributed by atoms with E-state index in [-0.39, 0.29) is 0 Å². The molecule has 0 saturated carbocycles. The van der Waals surface area contributed by atoms with Crippen LogP contribution in [0.15, 0.2) is 35.7 Å². The largest absolute Gasteiger partial charge is 0.383 e. The maximum Gasteiger partial charge on any atom is 0.113 e. The van der Waals surface area contributed by atoms with E-state index in [9.17, 15) is 5.11 Å². The first-order valence-corrected chi connectivity index (χ1v) is 5.92. The smallest absolute Gasteiger partial charge is 0.113 e. The van der Waals surface area contributed by atoms with Gasteiger partial charge in [0.1, 0.15) is 6.10 Å². The van der Waals surface area contributed by atoms with Crippen molar-refractivity contribution < 1.29 is 5.11 Å². The molecule has 1 N–H and O–H groups in total. The Hall–Kier alpha value is -0.830. The minimum atomic E-state index is -0.541. The zero-order valence-corrected chi connectivity index (χ0v) is 9.85. The van der Waals surface area contributed by atoms with Gasteiger partial charge in [-0.25, -0.2) is 0 Å². The van der Waals surface area contributed by atoms with Crippen LogP contribution in [0.3, 0.4) is 0 Å². The van der Waals surface area contributed by atoms with E-state index in [1.165, 1.54) is 0 Å². The number of aryl methyl sites for hydroxylation is 1. The van der Waals surface area contributed by atoms with Crippen LogP contribution < -0.4 is 0 Å². The molecule has 0 fully saturated rings. The van der Waals surface area contributed by atoms with Crippen molar-refractivity contribution in [2.45, 2.75) is 13.0 Å². The summed E-state index contributed by atoms with van der Waals surface area (Å²) >= 11 is 7.48. The highest BCUT2D eigenvalue weighted by Gasteiger charge is 2.11. The fraction of sp³-hybridized carbons (Fsp3) is 0.167. The summed E-state index contributed by atoms with van der Waals surface area (Å²) in [7, 11) is 0. The third-order valence-corrected chi connectivity index (χ3v) is 3.66. The minimum absolute atomic E-state index is 0.541. The van der Waals surface area contributed by atoms with E-state index in [4.69, 9.17) is 11.6 Å². The number of benzene rings is 1. The summed E-state index contributed by atoms with van der Waals surface area (Å²) in [6.45, 7) is 1.94. The Balaban J connectivity index is 2.34. The number of hydrogen-bond donors (Lipinski definition) is 1. The van der Waals surface area contributed by atoms with Gasteiger partial charge in [-0.05, 0) is 35.6 Å². The third kappa shape index (κ3) is 2.23. The molecule has 15 heavy (non-hydrogen) atoms. The van der Waals surface area contributed by atoms with Crippen LogP contribution in [-0.4, -0.2) is 5.11 Å². The monoisotopic (exact) mass is 238 g/mol. The standard InChI is InChI=1S/C12H11ClOS/c1-8-7-9(4-5-10(8)13)12(14)11-3-2-6-15-11/h2-7,12,14H,1H3. The second-order valence-electron chi connectivity index (χ2n) is 3.43. The van der Waals surface area contributed by atoms with E-state index < -0.39 is 6.10 Å². The van der Waals surface area contributed by atoms with E-state index in [2.05, 4.69) is 0 Å². The van der Waals surface area contributed by atoms with Crippen LogP contribution in [0.1, 0.15) is 22.1 Å². The van der Waals surface area contributed by atoms with Crippen LogP contribution in [0.2, 0.25) is 5.02 Å². The summed E-state index contributed by atoms with van der Waals surface area (Å²) < 4.78 is 0. The summed E-state index contributed by atoms with van der Waals surface area (Å²) in [5, 5.41) is 12.8. The van der Waals surface area contributed by atoms with Gasteiger partial charge in [0, 0.05) is 9.90 Å². The molecule has 1 unspecified atom stereocenters. The van der Waals surface area contributed by atoms with Gasteiger partial charge in [-0.15, -0.1) is 11.3 Å². The molecule has 1 atom stereocenters. The van der Waals surface area contributed by atoms with Gasteiger partial charge in [0.15, 0.2) is 0 Å². The fourth-order valence-corrected chi connectivity index (χ4v) is 2.30. The lowest BCUT2D eigenvalue weighted by Crippen LogP contribution is -1.97. The van der Waals surface area contributed by atoms with Gasteiger partial charge in [-0.2, -0.15) is 0 Å². The van der Waals surface area contributed by atoms with Crippen molar-refractivity contribution >= 4 is 22.9 Å². The first kappa shape index (κ1) is 10.7. The van der Waals surface area contributed by atoms with Gasteiger partial charge in [0.25, 0.3) is 0 Å². The first-order valence-electron chi connectivity index (χ1n) is 4.66. The predicted octanol–water partition coefficient (Wildman–Crippen LogP) is 3.79. The maximum absolute atomic E-state index is 10.1. The van der Waals surface area contributed by atoms with Crippen molar-refractivity contribution in [3.63, 3.8) is 0 Å². The van der Waals surface area contributed by atoms with Crippen LogP contribution in [0.25, 0.3) is 0 Å². The molecule has 0 saturated heterocycles. The quantitative estimate of drug-likeness (QED) is 0.844. The second kappa shape index (κ2) is 4.35. The molecule has 0 aliphatic heterocycles. The molecule has 1 aromatic heterocycles. The van der Waals surface area contributed by atoms with Crippen LogP contribution in [0.4, 0.5) is 0 Å². The summed E-state index contributed by atoms with van der Waals surface area (Å²) in [6, 6.07) is 9.47. The Labute approximate surface area is 98.0 Å². The fourth-order valence-electron chi connectivity index (χ4n) is 1.45. The number of thiophene rings is 1. The summed E-state index contributed by atoms with van der Waals surface area (Å²) in [6.07, 6.45) is -0.541. The Bertz CT molecular complexity index is 451. The molecular weight excluding hydrogens is 228 g/mol. The molecule has 0 aliphatic carbocycles. The Kier molecular flexibility index (Phi) is 3.10. The zero-order valence-electron chi connectivity index (χ0n) is 8.27. The van der Waals surface area contributed by atoms with Crippen LogP contribution in [0, 0.1) is 6.92 Å². The average Bonchev–Trinajstić information content (AvgIpc) is 2.74. The molecule has 78 valence electrons. The van der Waals surface area contributed by atoms with Crippen LogP contribution in [-0.2, 0) is 0 Å². The highest BCUT2D eigenvalue weighted by Crippen LogP contribution is 2.28. The summed E-state index contributed by atoms with van der Waals surface area (Å²) in [4.78, 5) is 0.955. The predicted molar refractivity (Wildman–Crippen MR) is 64.6 cm³/mol. The van der Waals surface area contributed by atoms with Gasteiger partial charge >= 0.3 is 0 Å². The maximum atomic E-state index is 10.1. The van der Waals surface area contributed by atoms with E-state index >= 15 is 0 Å². The number of hydrogen-bond acceptors (Lipinski definition) is 2. The van der Waals surface area contributed by atoms with Crippen molar-refractivity contribution in [3.8, 4) is 0 Å². The Morgan fingerprint density at radius 1 is 1.33 bits per heavy atom. The topological polar surface area (TPSA) is 20.2 Å². The number of rotatable bonds is 2. The zero-order chi connectivity index (χ0) is 10.8. The Morgan fingerprint density at radius 3 is 2.73 bits per heavy atom. The highest BCUT2D eigenvalue weighted by molar-refractivity contribution is 7.10. The van der Waals surface area contributed by atoms with Gasteiger partial charge in [-0.1, -0.05) is 29.8 Å². The number of aliphatic hydroxyl groups is 1. The van der Waals surface area contributed by atoms with E-state index in [0.29, 0.717) is 0 Å². The molecule has 1 nitrogen and oxygen atoms in total. The lowest BCUT2D eigenvalue weighted by Gasteiger charge is -2.10. The van der Waals surface area contributed by atoms with E-state index in [1.807, 2.05) is 42.6 Å². The van der Waals surface area contributed by atoms with Crippen LogP contribution >= 0.6 is 22.9 Å². The molecule has 0 bridgehead atoms. The van der Waals surface area contributed by atoms with Gasteiger partial charge in [0.05, 0.1) is 0 Å². The van der Waals surface area contributed by atoms with Crippen molar-refractivity contribution in [1.29, 1.82) is 0 Å². The molecular formula is C12H11ClOS. The molecule has 2 rings (SSSR count). The number of aliphatic hydroxyl groups excluding tert-OH is 1. The molecule has 0 aliphatic rings. The van der Waals surface area contributed by atoms with Gasteiger partial charge in [0.2, 0.25) is 0 Å². The molecule has 1 heterocycles. The van der Waals surface area contributed by atoms with E-state index in [0.717, 1.165) is 21.0 Å². The molecule has 0 radical (unpaired) electrons. The van der Waals surface area contributed by atoms with Crippen LogP contribution in [0.5, 0.6) is 0 Å². The van der Waals surface area contributed by atoms with Gasteiger partial charge in [-0.3, -0.25) is 0 Å². The molecule has 0 spiro atoms.